The van der Waals surface area contributed by atoms with Crippen LogP contribution in [0.5, 0.6) is 5.75 Å². The monoisotopic (exact) mass is 281 g/mol. The number of methoxy groups -OCH3 is 1. The zero-order chi connectivity index (χ0) is 14.7. The Kier molecular flexibility index (Phi) is 3.60. The molecule has 0 bridgehead atoms. The molecule has 0 radical (unpaired) electrons. The highest BCUT2D eigenvalue weighted by Crippen LogP contribution is 2.21. The van der Waals surface area contributed by atoms with Crippen LogP contribution in [-0.4, -0.2) is 11.7 Å². The lowest BCUT2D eigenvalue weighted by Crippen LogP contribution is -2.13. The van der Waals surface area contributed by atoms with E-state index in [9.17, 15) is 4.79 Å². The molecule has 0 fully saturated rings. The van der Waals surface area contributed by atoms with Crippen molar-refractivity contribution in [2.45, 2.75) is 6.54 Å². The van der Waals surface area contributed by atoms with Crippen LogP contribution in [-0.2, 0) is 6.54 Å². The van der Waals surface area contributed by atoms with Gasteiger partial charge in [-0.3, -0.25) is 4.57 Å². The lowest BCUT2D eigenvalue weighted by atomic mass is 10.2. The van der Waals surface area contributed by atoms with E-state index in [0.29, 0.717) is 12.3 Å². The van der Waals surface area contributed by atoms with Gasteiger partial charge in [0.05, 0.1) is 19.9 Å². The normalized spacial score (nSPS) is 10.5. The largest absolute Gasteiger partial charge is 0.497 e. The fourth-order valence-electron chi connectivity index (χ4n) is 2.15. The van der Waals surface area contributed by atoms with Crippen LogP contribution in [0.3, 0.4) is 0 Å². The molecule has 0 aliphatic heterocycles. The second-order valence-corrected chi connectivity index (χ2v) is 4.70. The lowest BCUT2D eigenvalue weighted by molar-refractivity contribution is 0.415. The van der Waals surface area contributed by atoms with Crippen LogP contribution in [0.4, 0.5) is 0 Å². The van der Waals surface area contributed by atoms with Gasteiger partial charge in [0.1, 0.15) is 5.75 Å². The topological polar surface area (TPSA) is 44.4 Å². The van der Waals surface area contributed by atoms with Crippen molar-refractivity contribution in [2.75, 3.05) is 7.11 Å². The quantitative estimate of drug-likeness (QED) is 0.738. The predicted octanol–water partition coefficient (Wildman–Crippen LogP) is 3.17. The van der Waals surface area contributed by atoms with E-state index >= 15 is 0 Å². The van der Waals surface area contributed by atoms with Crippen molar-refractivity contribution in [3.8, 4) is 17.1 Å². The molecule has 0 spiro atoms. The van der Waals surface area contributed by atoms with E-state index in [0.717, 1.165) is 16.9 Å². The van der Waals surface area contributed by atoms with E-state index in [1.807, 2.05) is 54.6 Å². The smallest absolute Gasteiger partial charge is 0.419 e. The Labute approximate surface area is 122 Å². The van der Waals surface area contributed by atoms with Crippen molar-refractivity contribution in [3.05, 3.63) is 76.9 Å². The number of oxazole rings is 1. The molecule has 0 N–H and O–H groups in total. The van der Waals surface area contributed by atoms with Gasteiger partial charge in [-0.1, -0.05) is 30.3 Å². The van der Waals surface area contributed by atoms with Crippen molar-refractivity contribution in [3.63, 3.8) is 0 Å². The van der Waals surface area contributed by atoms with Crippen LogP contribution in [0.1, 0.15) is 5.56 Å². The van der Waals surface area contributed by atoms with Gasteiger partial charge in [-0.05, 0) is 29.8 Å². The highest BCUT2D eigenvalue weighted by molar-refractivity contribution is 5.57. The van der Waals surface area contributed by atoms with Gasteiger partial charge in [-0.15, -0.1) is 0 Å². The molecule has 0 atom stereocenters. The standard InChI is InChI=1S/C17H15NO3/c1-20-15-9-7-14(8-10-15)16-12-18(17(19)21-16)11-13-5-3-2-4-6-13/h2-10,12H,11H2,1H3. The fraction of sp³-hybridized carbons (Fsp3) is 0.118. The van der Waals surface area contributed by atoms with Gasteiger partial charge in [-0.2, -0.15) is 0 Å². The molecule has 3 rings (SSSR count). The number of hydrogen-bond acceptors (Lipinski definition) is 3. The third-order valence-corrected chi connectivity index (χ3v) is 3.28. The molecule has 106 valence electrons. The molecule has 1 aromatic heterocycles. The minimum atomic E-state index is -0.357. The summed E-state index contributed by atoms with van der Waals surface area (Å²) in [7, 11) is 1.62. The highest BCUT2D eigenvalue weighted by atomic mass is 16.5. The van der Waals surface area contributed by atoms with Crippen molar-refractivity contribution in [1.82, 2.24) is 4.57 Å². The summed E-state index contributed by atoms with van der Waals surface area (Å²) in [5.41, 5.74) is 1.90. The number of rotatable bonds is 4. The van der Waals surface area contributed by atoms with E-state index in [-0.39, 0.29) is 5.76 Å². The van der Waals surface area contributed by atoms with Gasteiger partial charge in [0.2, 0.25) is 0 Å². The molecule has 4 nitrogen and oxygen atoms in total. The van der Waals surface area contributed by atoms with Gasteiger partial charge < -0.3 is 9.15 Å². The Balaban J connectivity index is 1.88. The van der Waals surface area contributed by atoms with Crippen molar-refractivity contribution < 1.29 is 9.15 Å². The molecule has 0 unspecified atom stereocenters. The maximum atomic E-state index is 11.9. The minimum absolute atomic E-state index is 0.357. The molecular weight excluding hydrogens is 266 g/mol. The molecular formula is C17H15NO3. The first-order chi connectivity index (χ1) is 10.3. The number of nitrogens with zero attached hydrogens (tertiary/aromatic N) is 1. The zero-order valence-electron chi connectivity index (χ0n) is 11.7. The Morgan fingerprint density at radius 2 is 1.76 bits per heavy atom. The maximum Gasteiger partial charge on any atom is 0.419 e. The summed E-state index contributed by atoms with van der Waals surface area (Å²) in [5, 5.41) is 0. The van der Waals surface area contributed by atoms with Gasteiger partial charge in [0.15, 0.2) is 5.76 Å². The molecule has 2 aromatic carbocycles. The summed E-state index contributed by atoms with van der Waals surface area (Å²) in [6, 6.07) is 17.2. The average molecular weight is 281 g/mol. The number of ether oxygens (including phenoxy) is 1. The van der Waals surface area contributed by atoms with E-state index in [2.05, 4.69) is 0 Å². The van der Waals surface area contributed by atoms with E-state index in [4.69, 9.17) is 9.15 Å². The van der Waals surface area contributed by atoms with Crippen LogP contribution < -0.4 is 10.5 Å². The van der Waals surface area contributed by atoms with Gasteiger partial charge in [-0.25, -0.2) is 4.79 Å². The van der Waals surface area contributed by atoms with Crippen LogP contribution in [0, 0.1) is 0 Å². The van der Waals surface area contributed by atoms with E-state index in [1.54, 1.807) is 17.9 Å². The highest BCUT2D eigenvalue weighted by Gasteiger charge is 2.08. The Bertz CT molecular complexity index is 770. The summed E-state index contributed by atoms with van der Waals surface area (Å²) < 4.78 is 12.0. The second-order valence-electron chi connectivity index (χ2n) is 4.70. The van der Waals surface area contributed by atoms with Gasteiger partial charge in [0.25, 0.3) is 0 Å². The van der Waals surface area contributed by atoms with Gasteiger partial charge >= 0.3 is 5.76 Å². The molecule has 21 heavy (non-hydrogen) atoms. The number of benzene rings is 2. The van der Waals surface area contributed by atoms with Gasteiger partial charge in [0, 0.05) is 5.56 Å². The van der Waals surface area contributed by atoms with Crippen molar-refractivity contribution in [1.29, 1.82) is 0 Å². The Morgan fingerprint density at radius 3 is 2.43 bits per heavy atom. The molecule has 0 amide bonds. The first kappa shape index (κ1) is 13.2. The third-order valence-electron chi connectivity index (χ3n) is 3.28. The second kappa shape index (κ2) is 5.71. The summed E-state index contributed by atoms with van der Waals surface area (Å²) in [5.74, 6) is 0.966. The molecule has 0 saturated carbocycles. The average Bonchev–Trinajstić information content (AvgIpc) is 2.89. The fourth-order valence-corrected chi connectivity index (χ4v) is 2.15. The van der Waals surface area contributed by atoms with Crippen molar-refractivity contribution >= 4 is 0 Å². The van der Waals surface area contributed by atoms with Crippen LogP contribution in [0.15, 0.2) is 70.0 Å². The van der Waals surface area contributed by atoms with E-state index < -0.39 is 0 Å². The predicted molar refractivity (Wildman–Crippen MR) is 80.5 cm³/mol. The number of hydrogen-bond donors (Lipinski definition) is 0. The molecule has 3 aromatic rings. The molecule has 1 heterocycles. The van der Waals surface area contributed by atoms with Crippen LogP contribution in [0.25, 0.3) is 11.3 Å². The first-order valence-electron chi connectivity index (χ1n) is 6.65. The number of aromatic nitrogens is 1. The minimum Gasteiger partial charge on any atom is -0.497 e. The molecule has 0 aliphatic carbocycles. The zero-order valence-corrected chi connectivity index (χ0v) is 11.7. The molecule has 4 heteroatoms. The third kappa shape index (κ3) is 2.89. The lowest BCUT2D eigenvalue weighted by Gasteiger charge is -2.00. The molecule has 0 aliphatic rings. The summed E-state index contributed by atoms with van der Waals surface area (Å²) >= 11 is 0. The SMILES string of the molecule is COc1ccc(-c2cn(Cc3ccccc3)c(=O)o2)cc1. The summed E-state index contributed by atoms with van der Waals surface area (Å²) in [4.78, 5) is 11.9. The Hall–Kier alpha value is -2.75. The van der Waals surface area contributed by atoms with E-state index in [1.165, 1.54) is 0 Å². The molecule has 0 saturated heterocycles. The summed E-state index contributed by atoms with van der Waals surface area (Å²) in [6.45, 7) is 0.499. The summed E-state index contributed by atoms with van der Waals surface area (Å²) in [6.07, 6.45) is 1.73. The first-order valence-corrected chi connectivity index (χ1v) is 6.65. The van der Waals surface area contributed by atoms with Crippen LogP contribution in [0.2, 0.25) is 0 Å². The van der Waals surface area contributed by atoms with Crippen molar-refractivity contribution in [2.24, 2.45) is 0 Å². The Morgan fingerprint density at radius 1 is 1.05 bits per heavy atom. The maximum absolute atomic E-state index is 11.9. The van der Waals surface area contributed by atoms with Crippen LogP contribution >= 0.6 is 0 Å².